The van der Waals surface area contributed by atoms with Gasteiger partial charge in [-0.1, -0.05) is 15.9 Å². The predicted octanol–water partition coefficient (Wildman–Crippen LogP) is 2.59. The first-order chi connectivity index (χ1) is 6.80. The van der Waals surface area contributed by atoms with E-state index in [1.54, 1.807) is 0 Å². The predicted molar refractivity (Wildman–Crippen MR) is 53.5 cm³/mol. The Labute approximate surface area is 93.0 Å². The molecule has 0 radical (unpaired) electrons. The summed E-state index contributed by atoms with van der Waals surface area (Å²) in [7, 11) is 0. The summed E-state index contributed by atoms with van der Waals surface area (Å²) < 4.78 is 37.0. The summed E-state index contributed by atoms with van der Waals surface area (Å²) in [5.74, 6) is -0.183. The Balaban J connectivity index is 2.85. The first-order valence-corrected chi connectivity index (χ1v) is 4.89. The third-order valence-electron chi connectivity index (χ3n) is 1.90. The number of rotatable bonds is 2. The summed E-state index contributed by atoms with van der Waals surface area (Å²) in [6, 6.07) is 2.32. The molecule has 0 spiro atoms. The van der Waals surface area contributed by atoms with E-state index in [9.17, 15) is 18.3 Å². The highest BCUT2D eigenvalue weighted by Gasteiger charge is 2.36. The Morgan fingerprint density at radius 2 is 2.00 bits per heavy atom. The van der Waals surface area contributed by atoms with Gasteiger partial charge in [-0.05, 0) is 30.2 Å². The fourth-order valence-corrected chi connectivity index (χ4v) is 1.48. The maximum atomic E-state index is 12.1. The molecule has 0 amide bonds. The molecule has 6 heteroatoms. The van der Waals surface area contributed by atoms with Crippen molar-refractivity contribution >= 4 is 15.9 Å². The van der Waals surface area contributed by atoms with Gasteiger partial charge in [0.05, 0.1) is 0 Å². The highest BCUT2D eigenvalue weighted by molar-refractivity contribution is 9.10. The average molecular weight is 284 g/mol. The van der Waals surface area contributed by atoms with Crippen LogP contribution < -0.4 is 5.73 Å². The van der Waals surface area contributed by atoms with Crippen molar-refractivity contribution in [2.45, 2.75) is 18.6 Å². The van der Waals surface area contributed by atoms with Crippen molar-refractivity contribution in [1.29, 1.82) is 0 Å². The summed E-state index contributed by atoms with van der Waals surface area (Å²) in [4.78, 5) is 0. The van der Waals surface area contributed by atoms with Crippen LogP contribution in [0.5, 0.6) is 5.75 Å². The molecule has 0 fully saturated rings. The SMILES string of the molecule is NC(Cc1cc(Br)ccc1O)C(F)(F)F. The lowest BCUT2D eigenvalue weighted by molar-refractivity contribution is -0.147. The van der Waals surface area contributed by atoms with Crippen molar-refractivity contribution in [3.05, 3.63) is 28.2 Å². The lowest BCUT2D eigenvalue weighted by atomic mass is 10.1. The topological polar surface area (TPSA) is 46.2 Å². The lowest BCUT2D eigenvalue weighted by Gasteiger charge is -2.16. The number of aromatic hydroxyl groups is 1. The van der Waals surface area contributed by atoms with E-state index >= 15 is 0 Å². The molecule has 1 unspecified atom stereocenters. The molecular weight excluding hydrogens is 275 g/mol. The summed E-state index contributed by atoms with van der Waals surface area (Å²) in [5, 5.41) is 9.31. The summed E-state index contributed by atoms with van der Waals surface area (Å²) >= 11 is 3.10. The van der Waals surface area contributed by atoms with Crippen LogP contribution in [0.3, 0.4) is 0 Å². The van der Waals surface area contributed by atoms with Crippen molar-refractivity contribution in [2.24, 2.45) is 5.73 Å². The Morgan fingerprint density at radius 3 is 2.53 bits per heavy atom. The van der Waals surface area contributed by atoms with Gasteiger partial charge in [-0.2, -0.15) is 13.2 Å². The van der Waals surface area contributed by atoms with Gasteiger partial charge in [0.15, 0.2) is 0 Å². The van der Waals surface area contributed by atoms with Gasteiger partial charge in [0.1, 0.15) is 11.8 Å². The molecule has 0 heterocycles. The lowest BCUT2D eigenvalue weighted by Crippen LogP contribution is -2.39. The van der Waals surface area contributed by atoms with Gasteiger partial charge in [0, 0.05) is 4.47 Å². The minimum atomic E-state index is -4.45. The number of benzene rings is 1. The van der Waals surface area contributed by atoms with Crippen LogP contribution in [0.1, 0.15) is 5.56 Å². The Morgan fingerprint density at radius 1 is 1.40 bits per heavy atom. The number of phenols is 1. The van der Waals surface area contributed by atoms with Gasteiger partial charge in [0.2, 0.25) is 0 Å². The molecular formula is C9H9BrF3NO. The van der Waals surface area contributed by atoms with E-state index in [-0.39, 0.29) is 11.3 Å². The smallest absolute Gasteiger partial charge is 0.403 e. The molecule has 0 aliphatic carbocycles. The van der Waals surface area contributed by atoms with E-state index in [1.807, 2.05) is 0 Å². The molecule has 0 aromatic heterocycles. The van der Waals surface area contributed by atoms with Crippen molar-refractivity contribution in [3.8, 4) is 5.75 Å². The second-order valence-corrected chi connectivity index (χ2v) is 4.04. The number of nitrogens with two attached hydrogens (primary N) is 1. The van der Waals surface area contributed by atoms with E-state index < -0.39 is 18.6 Å². The number of hydrogen-bond donors (Lipinski definition) is 2. The number of hydrogen-bond acceptors (Lipinski definition) is 2. The number of phenolic OH excluding ortho intramolecular Hbond substituents is 1. The van der Waals surface area contributed by atoms with Crippen molar-refractivity contribution in [2.75, 3.05) is 0 Å². The van der Waals surface area contributed by atoms with Gasteiger partial charge in [-0.3, -0.25) is 0 Å². The van der Waals surface area contributed by atoms with E-state index in [2.05, 4.69) is 15.9 Å². The van der Waals surface area contributed by atoms with Crippen LogP contribution in [-0.4, -0.2) is 17.3 Å². The van der Waals surface area contributed by atoms with Gasteiger partial charge in [-0.15, -0.1) is 0 Å². The molecule has 1 atom stereocenters. The zero-order valence-corrected chi connectivity index (χ0v) is 9.14. The molecule has 0 saturated heterocycles. The van der Waals surface area contributed by atoms with Gasteiger partial charge < -0.3 is 10.8 Å². The third-order valence-corrected chi connectivity index (χ3v) is 2.40. The highest BCUT2D eigenvalue weighted by atomic mass is 79.9. The summed E-state index contributed by atoms with van der Waals surface area (Å²) in [5.41, 5.74) is 5.13. The molecule has 84 valence electrons. The zero-order valence-electron chi connectivity index (χ0n) is 7.55. The van der Waals surface area contributed by atoms with Gasteiger partial charge in [0.25, 0.3) is 0 Å². The molecule has 0 aliphatic rings. The molecule has 1 aromatic rings. The molecule has 3 N–H and O–H groups in total. The average Bonchev–Trinajstić information content (AvgIpc) is 2.09. The second-order valence-electron chi connectivity index (χ2n) is 3.13. The molecule has 2 nitrogen and oxygen atoms in total. The molecule has 0 aliphatic heterocycles. The number of halogens is 4. The molecule has 1 rings (SSSR count). The van der Waals surface area contributed by atoms with Gasteiger partial charge in [-0.25, -0.2) is 0 Å². The molecule has 0 saturated carbocycles. The number of alkyl halides is 3. The van der Waals surface area contributed by atoms with Crippen LogP contribution in [0.4, 0.5) is 13.2 Å². The second kappa shape index (κ2) is 4.40. The van der Waals surface area contributed by atoms with Gasteiger partial charge >= 0.3 is 6.18 Å². The normalized spacial score (nSPS) is 13.9. The fraction of sp³-hybridized carbons (Fsp3) is 0.333. The van der Waals surface area contributed by atoms with E-state index in [1.165, 1.54) is 18.2 Å². The van der Waals surface area contributed by atoms with Crippen LogP contribution in [0.15, 0.2) is 22.7 Å². The van der Waals surface area contributed by atoms with Crippen LogP contribution in [0.25, 0.3) is 0 Å². The molecule has 0 bridgehead atoms. The minimum absolute atomic E-state index is 0.175. The quantitative estimate of drug-likeness (QED) is 0.876. The van der Waals surface area contributed by atoms with Crippen molar-refractivity contribution in [3.63, 3.8) is 0 Å². The van der Waals surface area contributed by atoms with E-state index in [0.29, 0.717) is 4.47 Å². The zero-order chi connectivity index (χ0) is 11.6. The molecule has 1 aromatic carbocycles. The van der Waals surface area contributed by atoms with E-state index in [4.69, 9.17) is 5.73 Å². The third kappa shape index (κ3) is 3.39. The Kier molecular flexibility index (Phi) is 3.62. The highest BCUT2D eigenvalue weighted by Crippen LogP contribution is 2.27. The summed E-state index contributed by atoms with van der Waals surface area (Å²) in [6.45, 7) is 0. The fourth-order valence-electron chi connectivity index (χ4n) is 1.07. The maximum absolute atomic E-state index is 12.1. The van der Waals surface area contributed by atoms with Crippen LogP contribution in [-0.2, 0) is 6.42 Å². The van der Waals surface area contributed by atoms with Crippen LogP contribution in [0.2, 0.25) is 0 Å². The van der Waals surface area contributed by atoms with Crippen LogP contribution in [0, 0.1) is 0 Å². The first kappa shape index (κ1) is 12.3. The Hall–Kier alpha value is -0.750. The summed E-state index contributed by atoms with van der Waals surface area (Å²) in [6.07, 6.45) is -4.89. The van der Waals surface area contributed by atoms with Crippen LogP contribution >= 0.6 is 15.9 Å². The first-order valence-electron chi connectivity index (χ1n) is 4.10. The molecule has 15 heavy (non-hydrogen) atoms. The largest absolute Gasteiger partial charge is 0.508 e. The Bertz CT molecular complexity index is 354. The monoisotopic (exact) mass is 283 g/mol. The van der Waals surface area contributed by atoms with E-state index in [0.717, 1.165) is 0 Å². The standard InChI is InChI=1S/C9H9BrF3NO/c10-6-1-2-7(15)5(3-6)4-8(14)9(11,12)13/h1-3,8,15H,4,14H2. The minimum Gasteiger partial charge on any atom is -0.508 e. The van der Waals surface area contributed by atoms with Crippen molar-refractivity contribution in [1.82, 2.24) is 0 Å². The van der Waals surface area contributed by atoms with Crippen molar-refractivity contribution < 1.29 is 18.3 Å². The maximum Gasteiger partial charge on any atom is 0.403 e.